The van der Waals surface area contributed by atoms with E-state index >= 15 is 0 Å². The Labute approximate surface area is 113 Å². The van der Waals surface area contributed by atoms with Crippen LogP contribution in [0.3, 0.4) is 0 Å². The number of Topliss-reactive ketones (excluding diaryl/α,β-unsaturated/α-hetero) is 1. The van der Waals surface area contributed by atoms with E-state index in [2.05, 4.69) is 0 Å². The zero-order chi connectivity index (χ0) is 15.0. The molecule has 6 heteroatoms. The molecular weight excluding hydrogens is 276 g/mol. The minimum absolute atomic E-state index is 0.0840. The predicted molar refractivity (Wildman–Crippen MR) is 63.9 cm³/mol. The van der Waals surface area contributed by atoms with Gasteiger partial charge in [-0.15, -0.1) is 0 Å². The van der Waals surface area contributed by atoms with Crippen LogP contribution in [0.2, 0.25) is 0 Å². The minimum atomic E-state index is -4.77. The molecule has 2 rings (SSSR count). The quantitative estimate of drug-likeness (QED) is 0.621. The fraction of sp³-hybridized carbons (Fsp3) is 0.500. The zero-order valence-electron chi connectivity index (χ0n) is 10.9. The number of hydrogen-bond donors (Lipinski definition) is 0. The molecule has 1 fully saturated rings. The number of ketones is 1. The standard InChI is InChI=1S/C14H14F4O2/c1-20-13(6-2-3-7-13)12(19)9-4-5-10(11(15)8-9)14(16,17)18/h4-5,8H,2-3,6-7H2,1H3. The van der Waals surface area contributed by atoms with E-state index in [-0.39, 0.29) is 5.56 Å². The Morgan fingerprint density at radius 2 is 1.85 bits per heavy atom. The first-order chi connectivity index (χ1) is 9.30. The van der Waals surface area contributed by atoms with E-state index in [1.807, 2.05) is 0 Å². The molecular formula is C14H14F4O2. The molecule has 0 radical (unpaired) electrons. The van der Waals surface area contributed by atoms with Gasteiger partial charge in [-0.2, -0.15) is 13.2 Å². The highest BCUT2D eigenvalue weighted by molar-refractivity contribution is 6.02. The van der Waals surface area contributed by atoms with Crippen molar-refractivity contribution in [3.63, 3.8) is 0 Å². The van der Waals surface area contributed by atoms with Crippen LogP contribution in [0.4, 0.5) is 17.6 Å². The summed E-state index contributed by atoms with van der Waals surface area (Å²) in [6.07, 6.45) is -2.14. The van der Waals surface area contributed by atoms with Crippen molar-refractivity contribution >= 4 is 5.78 Å². The molecule has 0 atom stereocenters. The summed E-state index contributed by atoms with van der Waals surface area (Å²) < 4.78 is 56.2. The van der Waals surface area contributed by atoms with Crippen LogP contribution in [0, 0.1) is 5.82 Å². The molecule has 0 aromatic heterocycles. The lowest BCUT2D eigenvalue weighted by Crippen LogP contribution is -2.37. The monoisotopic (exact) mass is 290 g/mol. The lowest BCUT2D eigenvalue weighted by atomic mass is 9.90. The molecule has 20 heavy (non-hydrogen) atoms. The van der Waals surface area contributed by atoms with Crippen LogP contribution >= 0.6 is 0 Å². The summed E-state index contributed by atoms with van der Waals surface area (Å²) in [5, 5.41) is 0. The lowest BCUT2D eigenvalue weighted by Gasteiger charge is -2.25. The van der Waals surface area contributed by atoms with E-state index in [0.717, 1.165) is 18.9 Å². The second-order valence-electron chi connectivity index (χ2n) is 4.93. The van der Waals surface area contributed by atoms with Crippen LogP contribution in [0.15, 0.2) is 18.2 Å². The van der Waals surface area contributed by atoms with Crippen LogP contribution in [-0.4, -0.2) is 18.5 Å². The maximum Gasteiger partial charge on any atom is 0.419 e. The third-order valence-corrected chi connectivity index (χ3v) is 3.75. The van der Waals surface area contributed by atoms with Crippen molar-refractivity contribution in [2.24, 2.45) is 0 Å². The maximum atomic E-state index is 13.5. The average molecular weight is 290 g/mol. The molecule has 110 valence electrons. The Morgan fingerprint density at radius 1 is 1.25 bits per heavy atom. The van der Waals surface area contributed by atoms with E-state index in [1.54, 1.807) is 0 Å². The highest BCUT2D eigenvalue weighted by Crippen LogP contribution is 2.37. The highest BCUT2D eigenvalue weighted by atomic mass is 19.4. The molecule has 0 saturated heterocycles. The molecule has 2 nitrogen and oxygen atoms in total. The number of carbonyl (C=O) groups excluding carboxylic acids is 1. The SMILES string of the molecule is COC1(C(=O)c2ccc(C(F)(F)F)c(F)c2)CCCC1. The van der Waals surface area contributed by atoms with Gasteiger partial charge in [-0.05, 0) is 37.8 Å². The van der Waals surface area contributed by atoms with E-state index in [0.29, 0.717) is 25.0 Å². The van der Waals surface area contributed by atoms with Crippen molar-refractivity contribution < 1.29 is 27.1 Å². The number of methoxy groups -OCH3 is 1. The van der Waals surface area contributed by atoms with Gasteiger partial charge in [0, 0.05) is 12.7 Å². The smallest absolute Gasteiger partial charge is 0.370 e. The molecule has 0 bridgehead atoms. The van der Waals surface area contributed by atoms with Crippen molar-refractivity contribution in [2.45, 2.75) is 37.5 Å². The van der Waals surface area contributed by atoms with Gasteiger partial charge in [0.1, 0.15) is 11.4 Å². The second kappa shape index (κ2) is 5.16. The molecule has 1 aliphatic rings. The molecule has 1 saturated carbocycles. The van der Waals surface area contributed by atoms with E-state index in [4.69, 9.17) is 4.74 Å². The summed E-state index contributed by atoms with van der Waals surface area (Å²) in [5.74, 6) is -1.89. The normalized spacial score (nSPS) is 18.2. The molecule has 1 aromatic rings. The van der Waals surface area contributed by atoms with Gasteiger partial charge in [-0.1, -0.05) is 6.07 Å². The van der Waals surface area contributed by atoms with Crippen molar-refractivity contribution in [3.05, 3.63) is 35.1 Å². The Balaban J connectivity index is 2.35. The molecule has 0 aliphatic heterocycles. The Morgan fingerprint density at radius 3 is 2.30 bits per heavy atom. The summed E-state index contributed by atoms with van der Waals surface area (Å²) in [5.41, 5.74) is -2.47. The third kappa shape index (κ3) is 2.57. The topological polar surface area (TPSA) is 26.3 Å². The van der Waals surface area contributed by atoms with E-state index in [1.165, 1.54) is 7.11 Å². The minimum Gasteiger partial charge on any atom is -0.370 e. The summed E-state index contributed by atoms with van der Waals surface area (Å²) in [7, 11) is 1.39. The van der Waals surface area contributed by atoms with Crippen molar-refractivity contribution in [1.82, 2.24) is 0 Å². The molecule has 0 heterocycles. The van der Waals surface area contributed by atoms with Gasteiger partial charge < -0.3 is 4.74 Å². The number of rotatable bonds is 3. The van der Waals surface area contributed by atoms with Crippen molar-refractivity contribution in [1.29, 1.82) is 0 Å². The van der Waals surface area contributed by atoms with Gasteiger partial charge in [0.25, 0.3) is 0 Å². The first kappa shape index (κ1) is 15.0. The Hall–Kier alpha value is -1.43. The number of ether oxygens (including phenoxy) is 1. The van der Waals surface area contributed by atoms with E-state index < -0.39 is 28.9 Å². The van der Waals surface area contributed by atoms with Crippen LogP contribution in [0.1, 0.15) is 41.6 Å². The van der Waals surface area contributed by atoms with Gasteiger partial charge in [-0.25, -0.2) is 4.39 Å². The van der Waals surface area contributed by atoms with Gasteiger partial charge in [-0.3, -0.25) is 4.79 Å². The molecule has 0 N–H and O–H groups in total. The maximum absolute atomic E-state index is 13.5. The van der Waals surface area contributed by atoms with Crippen molar-refractivity contribution in [3.8, 4) is 0 Å². The molecule has 0 unspecified atom stereocenters. The lowest BCUT2D eigenvalue weighted by molar-refractivity contribution is -0.140. The van der Waals surface area contributed by atoms with E-state index in [9.17, 15) is 22.4 Å². The average Bonchev–Trinajstić information content (AvgIpc) is 2.86. The van der Waals surface area contributed by atoms with Crippen LogP contribution in [0.25, 0.3) is 0 Å². The van der Waals surface area contributed by atoms with Gasteiger partial charge in [0.05, 0.1) is 5.56 Å². The van der Waals surface area contributed by atoms with Crippen molar-refractivity contribution in [2.75, 3.05) is 7.11 Å². The number of hydrogen-bond acceptors (Lipinski definition) is 2. The Kier molecular flexibility index (Phi) is 3.86. The summed E-state index contributed by atoms with van der Waals surface area (Å²) in [6.45, 7) is 0. The number of halogens is 4. The first-order valence-corrected chi connectivity index (χ1v) is 6.27. The number of alkyl halides is 3. The van der Waals surface area contributed by atoms with Gasteiger partial charge in [0.15, 0.2) is 5.78 Å². The zero-order valence-corrected chi connectivity index (χ0v) is 10.9. The number of carbonyl (C=O) groups is 1. The van der Waals surface area contributed by atoms with Gasteiger partial charge in [0.2, 0.25) is 0 Å². The summed E-state index contributed by atoms with van der Waals surface area (Å²) in [6, 6.07) is 2.25. The molecule has 0 spiro atoms. The number of benzene rings is 1. The summed E-state index contributed by atoms with van der Waals surface area (Å²) in [4.78, 5) is 12.3. The van der Waals surface area contributed by atoms with Crippen LogP contribution in [-0.2, 0) is 10.9 Å². The molecule has 1 aromatic carbocycles. The fourth-order valence-electron chi connectivity index (χ4n) is 2.62. The summed E-state index contributed by atoms with van der Waals surface area (Å²) >= 11 is 0. The highest BCUT2D eigenvalue weighted by Gasteiger charge is 2.42. The molecule has 0 amide bonds. The second-order valence-corrected chi connectivity index (χ2v) is 4.93. The molecule has 1 aliphatic carbocycles. The third-order valence-electron chi connectivity index (χ3n) is 3.75. The fourth-order valence-corrected chi connectivity index (χ4v) is 2.62. The largest absolute Gasteiger partial charge is 0.419 e. The van der Waals surface area contributed by atoms with Crippen LogP contribution < -0.4 is 0 Å². The Bertz CT molecular complexity index is 516. The first-order valence-electron chi connectivity index (χ1n) is 6.27. The van der Waals surface area contributed by atoms with Gasteiger partial charge >= 0.3 is 6.18 Å². The predicted octanol–water partition coefficient (Wildman–Crippen LogP) is 3.99. The van der Waals surface area contributed by atoms with Crippen LogP contribution in [0.5, 0.6) is 0 Å².